The van der Waals surface area contributed by atoms with Crippen LogP contribution in [0.4, 0.5) is 5.69 Å². The molecule has 1 aromatic heterocycles. The number of nitrogens with zero attached hydrogens (tertiary/aromatic N) is 2. The first kappa shape index (κ1) is 10.9. The molecule has 0 fully saturated rings. The summed E-state index contributed by atoms with van der Waals surface area (Å²) in [5.41, 5.74) is 4.07. The van der Waals surface area contributed by atoms with Crippen LogP contribution in [0, 0.1) is 6.92 Å². The molecule has 0 spiro atoms. The molecular formula is C14H13N3O. The zero-order valence-electron chi connectivity index (χ0n) is 10.1. The van der Waals surface area contributed by atoms with Gasteiger partial charge in [0.25, 0.3) is 0 Å². The number of hydrogen-bond donors (Lipinski definition) is 1. The van der Waals surface area contributed by atoms with Gasteiger partial charge in [0.2, 0.25) is 5.91 Å². The Balaban J connectivity index is 2.02. The minimum absolute atomic E-state index is 0.0909. The molecule has 90 valence electrons. The Morgan fingerprint density at radius 2 is 2.11 bits per heavy atom. The Morgan fingerprint density at radius 1 is 1.22 bits per heavy atom. The summed E-state index contributed by atoms with van der Waals surface area (Å²) >= 11 is 0. The second-order valence-corrected chi connectivity index (χ2v) is 4.41. The summed E-state index contributed by atoms with van der Waals surface area (Å²) in [6.07, 6.45) is 3.11. The highest BCUT2D eigenvalue weighted by Crippen LogP contribution is 2.27. The molecule has 0 saturated carbocycles. The average Bonchev–Trinajstić information content (AvgIpc) is 2.38. The van der Waals surface area contributed by atoms with Crippen molar-refractivity contribution in [3.05, 3.63) is 41.9 Å². The lowest BCUT2D eigenvalue weighted by Crippen LogP contribution is -2.18. The number of rotatable bonds is 1. The fraction of sp³-hybridized carbons (Fsp3) is 0.214. The van der Waals surface area contributed by atoms with Gasteiger partial charge in [-0.05, 0) is 37.1 Å². The third-order valence-corrected chi connectivity index (χ3v) is 3.07. The molecule has 0 atom stereocenters. The van der Waals surface area contributed by atoms with E-state index in [0.717, 1.165) is 29.2 Å². The molecule has 0 bridgehead atoms. The summed E-state index contributed by atoms with van der Waals surface area (Å²) in [7, 11) is 0. The van der Waals surface area contributed by atoms with E-state index < -0.39 is 0 Å². The van der Waals surface area contributed by atoms with E-state index in [4.69, 9.17) is 0 Å². The first-order valence-electron chi connectivity index (χ1n) is 5.95. The van der Waals surface area contributed by atoms with Crippen molar-refractivity contribution in [2.75, 3.05) is 5.32 Å². The quantitative estimate of drug-likeness (QED) is 0.831. The standard InChI is InChI=1S/C14H13N3O/c1-9-15-7-6-13(16-9)10-2-4-12-11(8-10)3-5-14(18)17-12/h2,4,6-8H,3,5H2,1H3,(H,17,18). The molecule has 1 aliphatic heterocycles. The van der Waals surface area contributed by atoms with Gasteiger partial charge in [-0.1, -0.05) is 6.07 Å². The summed E-state index contributed by atoms with van der Waals surface area (Å²) in [6.45, 7) is 1.88. The second kappa shape index (κ2) is 4.22. The first-order valence-corrected chi connectivity index (χ1v) is 5.95. The number of amides is 1. The molecule has 1 aliphatic rings. The van der Waals surface area contributed by atoms with Crippen LogP contribution >= 0.6 is 0 Å². The van der Waals surface area contributed by atoms with Gasteiger partial charge < -0.3 is 5.32 Å². The maximum absolute atomic E-state index is 11.3. The maximum atomic E-state index is 11.3. The molecule has 2 aromatic rings. The van der Waals surface area contributed by atoms with Crippen molar-refractivity contribution >= 4 is 11.6 Å². The van der Waals surface area contributed by atoms with E-state index in [1.54, 1.807) is 6.20 Å². The van der Waals surface area contributed by atoms with Gasteiger partial charge in [-0.25, -0.2) is 9.97 Å². The van der Waals surface area contributed by atoms with Gasteiger partial charge in [0, 0.05) is 23.9 Å². The highest BCUT2D eigenvalue weighted by Gasteiger charge is 2.15. The lowest BCUT2D eigenvalue weighted by molar-refractivity contribution is -0.116. The largest absolute Gasteiger partial charge is 0.326 e. The molecule has 1 N–H and O–H groups in total. The van der Waals surface area contributed by atoms with Crippen LogP contribution in [0.25, 0.3) is 11.3 Å². The van der Waals surface area contributed by atoms with Gasteiger partial charge in [0.05, 0.1) is 5.69 Å². The van der Waals surface area contributed by atoms with Crippen molar-refractivity contribution in [1.29, 1.82) is 0 Å². The van der Waals surface area contributed by atoms with Crippen molar-refractivity contribution in [3.8, 4) is 11.3 Å². The van der Waals surface area contributed by atoms with E-state index in [1.165, 1.54) is 5.56 Å². The van der Waals surface area contributed by atoms with Crippen LogP contribution in [0.2, 0.25) is 0 Å². The topological polar surface area (TPSA) is 54.9 Å². The van der Waals surface area contributed by atoms with Crippen molar-refractivity contribution < 1.29 is 4.79 Å². The summed E-state index contributed by atoms with van der Waals surface area (Å²) in [4.78, 5) is 19.8. The van der Waals surface area contributed by atoms with Crippen LogP contribution in [0.3, 0.4) is 0 Å². The molecular weight excluding hydrogens is 226 g/mol. The zero-order chi connectivity index (χ0) is 12.5. The Morgan fingerprint density at radius 3 is 2.94 bits per heavy atom. The van der Waals surface area contributed by atoms with Crippen LogP contribution in [0.1, 0.15) is 17.8 Å². The number of benzene rings is 1. The molecule has 0 aliphatic carbocycles. The monoisotopic (exact) mass is 239 g/mol. The Labute approximate surface area is 105 Å². The minimum Gasteiger partial charge on any atom is -0.326 e. The summed E-state index contributed by atoms with van der Waals surface area (Å²) in [5, 5.41) is 2.88. The molecule has 1 amide bonds. The van der Waals surface area contributed by atoms with Crippen molar-refractivity contribution in [2.24, 2.45) is 0 Å². The van der Waals surface area contributed by atoms with Crippen LogP contribution in [0.15, 0.2) is 30.5 Å². The third kappa shape index (κ3) is 1.97. The maximum Gasteiger partial charge on any atom is 0.224 e. The third-order valence-electron chi connectivity index (χ3n) is 3.07. The van der Waals surface area contributed by atoms with Gasteiger partial charge in [0.1, 0.15) is 5.82 Å². The highest BCUT2D eigenvalue weighted by molar-refractivity contribution is 5.94. The fourth-order valence-corrected chi connectivity index (χ4v) is 2.16. The summed E-state index contributed by atoms with van der Waals surface area (Å²) in [5.74, 6) is 0.853. The number of aromatic nitrogens is 2. The van der Waals surface area contributed by atoms with Gasteiger partial charge in [-0.15, -0.1) is 0 Å². The van der Waals surface area contributed by atoms with Crippen molar-refractivity contribution in [3.63, 3.8) is 0 Å². The van der Waals surface area contributed by atoms with Crippen LogP contribution in [-0.4, -0.2) is 15.9 Å². The molecule has 0 unspecified atom stereocenters. The highest BCUT2D eigenvalue weighted by atomic mass is 16.1. The zero-order valence-corrected chi connectivity index (χ0v) is 10.1. The number of anilines is 1. The Hall–Kier alpha value is -2.23. The number of carbonyl (C=O) groups is 1. The van der Waals surface area contributed by atoms with E-state index in [1.807, 2.05) is 25.1 Å². The van der Waals surface area contributed by atoms with Crippen molar-refractivity contribution in [1.82, 2.24) is 9.97 Å². The number of carbonyl (C=O) groups excluding carboxylic acids is 1. The average molecular weight is 239 g/mol. The van der Waals surface area contributed by atoms with E-state index >= 15 is 0 Å². The van der Waals surface area contributed by atoms with Crippen LogP contribution in [-0.2, 0) is 11.2 Å². The van der Waals surface area contributed by atoms with Crippen LogP contribution < -0.4 is 5.32 Å². The Kier molecular flexibility index (Phi) is 2.55. The SMILES string of the molecule is Cc1nccc(-c2ccc3c(c2)CCC(=O)N3)n1. The molecule has 4 heteroatoms. The van der Waals surface area contributed by atoms with Gasteiger partial charge in [0.15, 0.2) is 0 Å². The Bertz CT molecular complexity index is 622. The van der Waals surface area contributed by atoms with E-state index in [0.29, 0.717) is 6.42 Å². The number of hydrogen-bond acceptors (Lipinski definition) is 3. The molecule has 4 nitrogen and oxygen atoms in total. The molecule has 1 aromatic carbocycles. The van der Waals surface area contributed by atoms with E-state index in [9.17, 15) is 4.79 Å². The summed E-state index contributed by atoms with van der Waals surface area (Å²) in [6, 6.07) is 7.91. The predicted molar refractivity (Wildman–Crippen MR) is 69.2 cm³/mol. The van der Waals surface area contributed by atoms with Gasteiger partial charge in [-0.3, -0.25) is 4.79 Å². The number of fused-ring (bicyclic) bond motifs is 1. The molecule has 0 saturated heterocycles. The van der Waals surface area contributed by atoms with Gasteiger partial charge >= 0.3 is 0 Å². The van der Waals surface area contributed by atoms with Crippen molar-refractivity contribution in [2.45, 2.75) is 19.8 Å². The molecule has 2 heterocycles. The normalized spacial score (nSPS) is 13.9. The first-order chi connectivity index (χ1) is 8.72. The molecule has 3 rings (SSSR count). The smallest absolute Gasteiger partial charge is 0.224 e. The fourth-order valence-electron chi connectivity index (χ4n) is 2.16. The van der Waals surface area contributed by atoms with E-state index in [-0.39, 0.29) is 5.91 Å². The predicted octanol–water partition coefficient (Wildman–Crippen LogP) is 2.34. The lowest BCUT2D eigenvalue weighted by atomic mass is 9.99. The van der Waals surface area contributed by atoms with E-state index in [2.05, 4.69) is 21.4 Å². The number of aryl methyl sites for hydroxylation is 2. The molecule has 0 radical (unpaired) electrons. The van der Waals surface area contributed by atoms with Crippen LogP contribution in [0.5, 0.6) is 0 Å². The number of nitrogens with one attached hydrogen (secondary N) is 1. The minimum atomic E-state index is 0.0909. The molecule has 18 heavy (non-hydrogen) atoms. The second-order valence-electron chi connectivity index (χ2n) is 4.41. The summed E-state index contributed by atoms with van der Waals surface area (Å²) < 4.78 is 0. The lowest BCUT2D eigenvalue weighted by Gasteiger charge is -2.17. The van der Waals surface area contributed by atoms with Gasteiger partial charge in [-0.2, -0.15) is 0 Å².